The maximum absolute atomic E-state index is 13.9. The van der Waals surface area contributed by atoms with Gasteiger partial charge in [-0.05, 0) is 36.2 Å². The Hall–Kier alpha value is -3.78. The number of nitrogens with one attached hydrogen (secondary N) is 1. The monoisotopic (exact) mass is 468 g/mol. The number of halogens is 3. The summed E-state index contributed by atoms with van der Waals surface area (Å²) in [4.78, 5) is 13.1. The fraction of sp³-hybridized carbons (Fsp3) is 0.192. The molecule has 0 saturated heterocycles. The van der Waals surface area contributed by atoms with Crippen molar-refractivity contribution in [2.45, 2.75) is 31.8 Å². The van der Waals surface area contributed by atoms with Gasteiger partial charge in [0, 0.05) is 0 Å². The smallest absolute Gasteiger partial charge is 0.416 e. The molecule has 1 aliphatic heterocycles. The second kappa shape index (κ2) is 9.61. The fourth-order valence-electron chi connectivity index (χ4n) is 3.95. The highest BCUT2D eigenvalue weighted by atomic mass is 19.4. The van der Waals surface area contributed by atoms with Gasteiger partial charge in [0.25, 0.3) is 0 Å². The fourth-order valence-corrected chi connectivity index (χ4v) is 3.95. The number of hydrogen-bond acceptors (Lipinski definition) is 5. The average molecular weight is 468 g/mol. The van der Waals surface area contributed by atoms with Crippen molar-refractivity contribution >= 4 is 11.7 Å². The third kappa shape index (κ3) is 4.77. The number of carbonyl (C=O) groups excluding carboxylic acids is 1. The average Bonchev–Trinajstić information content (AvgIpc) is 2.84. The van der Waals surface area contributed by atoms with Crippen LogP contribution in [0.1, 0.15) is 29.7 Å². The van der Waals surface area contributed by atoms with E-state index in [1.165, 1.54) is 18.2 Å². The molecule has 0 saturated carbocycles. The molecule has 0 bridgehead atoms. The molecule has 3 aromatic carbocycles. The van der Waals surface area contributed by atoms with Gasteiger partial charge in [0.15, 0.2) is 0 Å². The molecule has 34 heavy (non-hydrogen) atoms. The third-order valence-electron chi connectivity index (χ3n) is 5.66. The SMILES string of the molecule is C[C@@H]1C(O)=C(C(=O)OCc2ccccc2)[C@H](c2ccccc2C(F)(F)F)NN1c1ccccc1. The first kappa shape index (κ1) is 23.4. The lowest BCUT2D eigenvalue weighted by atomic mass is 9.90. The van der Waals surface area contributed by atoms with Crippen LogP contribution in [0.5, 0.6) is 0 Å². The number of rotatable bonds is 5. The van der Waals surface area contributed by atoms with E-state index in [0.29, 0.717) is 11.3 Å². The van der Waals surface area contributed by atoms with Crippen LogP contribution >= 0.6 is 0 Å². The Balaban J connectivity index is 1.77. The van der Waals surface area contributed by atoms with Crippen LogP contribution < -0.4 is 10.4 Å². The summed E-state index contributed by atoms with van der Waals surface area (Å²) in [6, 6.07) is 20.7. The van der Waals surface area contributed by atoms with Gasteiger partial charge in [0.2, 0.25) is 0 Å². The van der Waals surface area contributed by atoms with Crippen molar-refractivity contribution in [2.75, 3.05) is 5.01 Å². The zero-order chi connectivity index (χ0) is 24.3. The summed E-state index contributed by atoms with van der Waals surface area (Å²) in [5.41, 5.74) is 3.00. The number of alkyl halides is 3. The number of aliphatic hydroxyl groups is 1. The van der Waals surface area contributed by atoms with Gasteiger partial charge in [-0.25, -0.2) is 10.2 Å². The molecule has 2 N–H and O–H groups in total. The largest absolute Gasteiger partial charge is 0.509 e. The van der Waals surface area contributed by atoms with E-state index in [1.807, 2.05) is 6.07 Å². The quantitative estimate of drug-likeness (QED) is 0.470. The molecule has 0 amide bonds. The lowest BCUT2D eigenvalue weighted by Crippen LogP contribution is -2.53. The molecule has 5 nitrogen and oxygen atoms in total. The molecule has 0 aliphatic carbocycles. The van der Waals surface area contributed by atoms with Crippen LogP contribution in [0.15, 0.2) is 96.3 Å². The highest BCUT2D eigenvalue weighted by Gasteiger charge is 2.42. The highest BCUT2D eigenvalue weighted by molar-refractivity contribution is 5.91. The third-order valence-corrected chi connectivity index (χ3v) is 5.66. The Morgan fingerprint density at radius 1 is 0.971 bits per heavy atom. The molecule has 4 rings (SSSR count). The minimum absolute atomic E-state index is 0.0825. The molecule has 2 atom stereocenters. The van der Waals surface area contributed by atoms with Crippen molar-refractivity contribution in [1.82, 2.24) is 5.43 Å². The predicted molar refractivity (Wildman–Crippen MR) is 122 cm³/mol. The second-order valence-electron chi connectivity index (χ2n) is 7.89. The van der Waals surface area contributed by atoms with Crippen LogP contribution in [-0.4, -0.2) is 17.1 Å². The Morgan fingerprint density at radius 2 is 1.56 bits per heavy atom. The van der Waals surface area contributed by atoms with Gasteiger partial charge in [-0.3, -0.25) is 5.01 Å². The molecule has 0 unspecified atom stereocenters. The minimum atomic E-state index is -4.66. The van der Waals surface area contributed by atoms with Gasteiger partial charge in [0.05, 0.1) is 22.9 Å². The molecule has 8 heteroatoms. The summed E-state index contributed by atoms with van der Waals surface area (Å²) in [5, 5.41) is 12.6. The Labute approximate surface area is 195 Å². The summed E-state index contributed by atoms with van der Waals surface area (Å²) in [7, 11) is 0. The van der Waals surface area contributed by atoms with Crippen LogP contribution in [0.2, 0.25) is 0 Å². The molecule has 3 aromatic rings. The Morgan fingerprint density at radius 3 is 2.21 bits per heavy atom. The van der Waals surface area contributed by atoms with Gasteiger partial charge >= 0.3 is 12.1 Å². The minimum Gasteiger partial charge on any atom is -0.509 e. The number of para-hydroxylation sites is 1. The van der Waals surface area contributed by atoms with Crippen molar-refractivity contribution < 1.29 is 27.8 Å². The number of hydrogen-bond donors (Lipinski definition) is 2. The standard InChI is InChI=1S/C26H23F3N2O3/c1-17-24(32)22(25(33)34-16-18-10-4-2-5-11-18)23(30-31(17)19-12-6-3-7-13-19)20-14-8-9-15-21(20)26(27,28)29/h2-15,17,23,30,32H,16H2,1H3/t17-,23+/m1/s1. The van der Waals surface area contributed by atoms with Gasteiger partial charge in [-0.1, -0.05) is 66.7 Å². The number of ether oxygens (including phenoxy) is 1. The van der Waals surface area contributed by atoms with E-state index in [-0.39, 0.29) is 23.5 Å². The molecule has 1 heterocycles. The normalized spacial score (nSPS) is 18.6. The van der Waals surface area contributed by atoms with E-state index in [4.69, 9.17) is 4.74 Å². The van der Waals surface area contributed by atoms with Crippen molar-refractivity contribution in [3.63, 3.8) is 0 Å². The molecule has 176 valence electrons. The number of hydrazine groups is 1. The van der Waals surface area contributed by atoms with Crippen molar-refractivity contribution in [3.8, 4) is 0 Å². The van der Waals surface area contributed by atoms with E-state index >= 15 is 0 Å². The summed E-state index contributed by atoms with van der Waals surface area (Å²) in [6.45, 7) is 1.56. The number of nitrogens with zero attached hydrogens (tertiary/aromatic N) is 1. The summed E-state index contributed by atoms with van der Waals surface area (Å²) in [5.74, 6) is -1.25. The van der Waals surface area contributed by atoms with E-state index in [0.717, 1.165) is 6.07 Å². The number of esters is 1. The first-order valence-corrected chi connectivity index (χ1v) is 10.7. The molecule has 0 radical (unpaired) electrons. The zero-order valence-corrected chi connectivity index (χ0v) is 18.3. The van der Waals surface area contributed by atoms with E-state index in [1.54, 1.807) is 66.5 Å². The van der Waals surface area contributed by atoms with Crippen LogP contribution in [-0.2, 0) is 22.3 Å². The van der Waals surface area contributed by atoms with Gasteiger partial charge in [-0.15, -0.1) is 0 Å². The van der Waals surface area contributed by atoms with Crippen molar-refractivity contribution in [3.05, 3.63) is 113 Å². The summed E-state index contributed by atoms with van der Waals surface area (Å²) >= 11 is 0. The molecular weight excluding hydrogens is 445 g/mol. The Kier molecular flexibility index (Phi) is 6.61. The van der Waals surface area contributed by atoms with Crippen LogP contribution in [0, 0.1) is 0 Å². The molecule has 0 spiro atoms. The number of carbonyl (C=O) groups is 1. The molecule has 0 aromatic heterocycles. The Bertz CT molecular complexity index is 1180. The van der Waals surface area contributed by atoms with Gasteiger partial charge in [0.1, 0.15) is 18.4 Å². The zero-order valence-electron chi connectivity index (χ0n) is 18.3. The van der Waals surface area contributed by atoms with E-state index in [9.17, 15) is 23.1 Å². The molecule has 0 fully saturated rings. The lowest BCUT2D eigenvalue weighted by Gasteiger charge is -2.41. The van der Waals surface area contributed by atoms with Crippen molar-refractivity contribution in [1.29, 1.82) is 0 Å². The van der Waals surface area contributed by atoms with Crippen LogP contribution in [0.25, 0.3) is 0 Å². The molecule has 1 aliphatic rings. The van der Waals surface area contributed by atoms with E-state index < -0.39 is 29.8 Å². The van der Waals surface area contributed by atoms with Crippen LogP contribution in [0.4, 0.5) is 18.9 Å². The molecular formula is C26H23F3N2O3. The maximum atomic E-state index is 13.9. The predicted octanol–water partition coefficient (Wildman–Crippen LogP) is 5.72. The summed E-state index contributed by atoms with van der Waals surface area (Å²) < 4.78 is 47.0. The topological polar surface area (TPSA) is 61.8 Å². The maximum Gasteiger partial charge on any atom is 0.416 e. The van der Waals surface area contributed by atoms with Crippen LogP contribution in [0.3, 0.4) is 0 Å². The number of aliphatic hydroxyl groups excluding tert-OH is 1. The first-order chi connectivity index (χ1) is 16.3. The second-order valence-corrected chi connectivity index (χ2v) is 7.89. The van der Waals surface area contributed by atoms with Gasteiger partial charge in [-0.2, -0.15) is 13.2 Å². The number of benzene rings is 3. The van der Waals surface area contributed by atoms with E-state index in [2.05, 4.69) is 5.43 Å². The summed E-state index contributed by atoms with van der Waals surface area (Å²) in [6.07, 6.45) is -4.66. The van der Waals surface area contributed by atoms with Crippen molar-refractivity contribution in [2.24, 2.45) is 0 Å². The lowest BCUT2D eigenvalue weighted by molar-refractivity contribution is -0.142. The number of anilines is 1. The van der Waals surface area contributed by atoms with Gasteiger partial charge < -0.3 is 9.84 Å². The first-order valence-electron chi connectivity index (χ1n) is 10.7. The highest BCUT2D eigenvalue weighted by Crippen LogP contribution is 2.40.